The van der Waals surface area contributed by atoms with Gasteiger partial charge in [-0.1, -0.05) is 93.6 Å². The fourth-order valence-corrected chi connectivity index (χ4v) is 4.51. The number of hydrogen-bond donors (Lipinski definition) is 2. The lowest BCUT2D eigenvalue weighted by Crippen LogP contribution is -2.15. The molecule has 0 bridgehead atoms. The van der Waals surface area contributed by atoms with E-state index in [1.165, 1.54) is 0 Å². The molecule has 6 aromatic rings. The van der Waals surface area contributed by atoms with Gasteiger partial charge in [-0.25, -0.2) is 9.67 Å². The van der Waals surface area contributed by atoms with Crippen LogP contribution in [0.5, 0.6) is 0 Å². The van der Waals surface area contributed by atoms with Crippen LogP contribution in [-0.2, 0) is 0 Å². The average molecular weight is 586 g/mol. The topological polar surface area (TPSA) is 119 Å². The van der Waals surface area contributed by atoms with Crippen molar-refractivity contribution in [2.75, 3.05) is 23.7 Å². The van der Waals surface area contributed by atoms with Crippen LogP contribution < -0.4 is 10.6 Å². The van der Waals surface area contributed by atoms with Gasteiger partial charge >= 0.3 is 0 Å². The Balaban J connectivity index is 1.27. The van der Waals surface area contributed by atoms with Gasteiger partial charge in [0.1, 0.15) is 5.69 Å². The van der Waals surface area contributed by atoms with Crippen molar-refractivity contribution in [3.8, 4) is 51.2 Å². The molecule has 0 saturated carbocycles. The molecule has 2 N–H and O–H groups in total. The molecular formula is C34H35N9O. The van der Waals surface area contributed by atoms with Gasteiger partial charge in [0.2, 0.25) is 17.8 Å². The molecule has 0 radical (unpaired) electrons. The maximum Gasteiger partial charge on any atom is 0.228 e. The predicted molar refractivity (Wildman–Crippen MR) is 173 cm³/mol. The van der Waals surface area contributed by atoms with Gasteiger partial charge in [0, 0.05) is 29.8 Å². The van der Waals surface area contributed by atoms with E-state index in [0.29, 0.717) is 41.1 Å². The van der Waals surface area contributed by atoms with Gasteiger partial charge in [-0.3, -0.25) is 0 Å². The third-order valence-corrected chi connectivity index (χ3v) is 6.78. The molecule has 0 fully saturated rings. The molecule has 0 atom stereocenters. The first-order valence-electron chi connectivity index (χ1n) is 14.8. The van der Waals surface area contributed by atoms with Gasteiger partial charge in [0.05, 0.1) is 11.9 Å². The molecule has 3 aromatic carbocycles. The largest absolute Gasteiger partial charge is 0.435 e. The molecular weight excluding hydrogens is 550 g/mol. The normalized spacial score (nSPS) is 11.3. The predicted octanol–water partition coefficient (Wildman–Crippen LogP) is 7.24. The number of nitrogens with one attached hydrogen (secondary N) is 2. The fraction of sp³-hybridized carbons (Fsp3) is 0.235. The summed E-state index contributed by atoms with van der Waals surface area (Å²) in [5.74, 6) is 3.62. The summed E-state index contributed by atoms with van der Waals surface area (Å²) < 4.78 is 8.06. The number of anilines is 2. The second kappa shape index (κ2) is 12.9. The smallest absolute Gasteiger partial charge is 0.228 e. The van der Waals surface area contributed by atoms with E-state index in [2.05, 4.69) is 63.6 Å². The summed E-state index contributed by atoms with van der Waals surface area (Å²) >= 11 is 0. The second-order valence-corrected chi connectivity index (χ2v) is 11.4. The molecule has 0 aliphatic rings. The summed E-state index contributed by atoms with van der Waals surface area (Å²) in [5, 5.41) is 15.3. The Morgan fingerprint density at radius 2 is 1.25 bits per heavy atom. The molecule has 0 saturated heterocycles. The minimum atomic E-state index is 0.442. The molecule has 6 rings (SSSR count). The Kier molecular flexibility index (Phi) is 8.40. The number of benzene rings is 3. The first-order chi connectivity index (χ1) is 21.4. The van der Waals surface area contributed by atoms with E-state index < -0.39 is 0 Å². The van der Waals surface area contributed by atoms with Crippen molar-refractivity contribution in [3.63, 3.8) is 0 Å². The third-order valence-electron chi connectivity index (χ3n) is 6.78. The molecule has 0 unspecified atom stereocenters. The van der Waals surface area contributed by atoms with Crippen molar-refractivity contribution >= 4 is 11.9 Å². The first-order valence-corrected chi connectivity index (χ1v) is 14.8. The molecule has 44 heavy (non-hydrogen) atoms. The number of rotatable bonds is 11. The Morgan fingerprint density at radius 1 is 0.659 bits per heavy atom. The van der Waals surface area contributed by atoms with Gasteiger partial charge < -0.3 is 15.1 Å². The molecule has 0 aliphatic heterocycles. The molecule has 3 heterocycles. The van der Waals surface area contributed by atoms with Crippen LogP contribution in [-0.4, -0.2) is 48.0 Å². The Hall–Kier alpha value is -5.38. The van der Waals surface area contributed by atoms with Crippen LogP contribution in [0, 0.1) is 11.8 Å². The van der Waals surface area contributed by atoms with Crippen LogP contribution >= 0.6 is 0 Å². The van der Waals surface area contributed by atoms with E-state index in [1.807, 2.05) is 91.1 Å². The van der Waals surface area contributed by atoms with Crippen LogP contribution in [0.4, 0.5) is 11.9 Å². The highest BCUT2D eigenvalue weighted by molar-refractivity contribution is 5.79. The molecule has 222 valence electrons. The van der Waals surface area contributed by atoms with E-state index in [9.17, 15) is 0 Å². The van der Waals surface area contributed by atoms with E-state index >= 15 is 0 Å². The van der Waals surface area contributed by atoms with Crippen LogP contribution in [0.1, 0.15) is 27.7 Å². The standard InChI is InChI=1S/C34H35N9O/c1-22(2)19-35-33-38-31(39-34(40-33)36-20-23(3)4)28-21-43(42-41-28)27-17-15-26(16-18-27)32-37-29(24-11-7-5-8-12-24)30(44-32)25-13-9-6-10-14-25/h5-18,21-23H,19-20H2,1-4H3,(H2,35,36,38,39,40). The number of nitrogens with zero attached hydrogens (tertiary/aromatic N) is 7. The van der Waals surface area contributed by atoms with Gasteiger partial charge in [0.15, 0.2) is 17.3 Å². The minimum absolute atomic E-state index is 0.442. The van der Waals surface area contributed by atoms with Crippen molar-refractivity contribution in [2.24, 2.45) is 11.8 Å². The first kappa shape index (κ1) is 28.7. The number of oxazole rings is 1. The summed E-state index contributed by atoms with van der Waals surface area (Å²) in [4.78, 5) is 18.7. The summed E-state index contributed by atoms with van der Waals surface area (Å²) in [6.07, 6.45) is 1.81. The van der Waals surface area contributed by atoms with Crippen molar-refractivity contribution < 1.29 is 4.42 Å². The number of aromatic nitrogens is 7. The van der Waals surface area contributed by atoms with E-state index in [0.717, 1.165) is 46.9 Å². The summed E-state index contributed by atoms with van der Waals surface area (Å²) in [6, 6.07) is 28.0. The molecule has 3 aromatic heterocycles. The maximum absolute atomic E-state index is 6.36. The van der Waals surface area contributed by atoms with Crippen molar-refractivity contribution in [1.82, 2.24) is 34.9 Å². The SMILES string of the molecule is CC(C)CNc1nc(NCC(C)C)nc(-c2cn(-c3ccc(-c4nc(-c5ccccc5)c(-c5ccccc5)o4)cc3)nn2)n1. The van der Waals surface area contributed by atoms with E-state index in [1.54, 1.807) is 4.68 Å². The van der Waals surface area contributed by atoms with Gasteiger partial charge in [0.25, 0.3) is 0 Å². The summed E-state index contributed by atoms with van der Waals surface area (Å²) in [5.41, 5.74) is 5.00. The highest BCUT2D eigenvalue weighted by Gasteiger charge is 2.18. The van der Waals surface area contributed by atoms with Crippen LogP contribution in [0.3, 0.4) is 0 Å². The van der Waals surface area contributed by atoms with Gasteiger partial charge in [-0.05, 0) is 36.1 Å². The molecule has 10 heteroatoms. The van der Waals surface area contributed by atoms with Crippen molar-refractivity contribution in [1.29, 1.82) is 0 Å². The zero-order chi connectivity index (χ0) is 30.5. The summed E-state index contributed by atoms with van der Waals surface area (Å²) in [7, 11) is 0. The zero-order valence-electron chi connectivity index (χ0n) is 25.3. The van der Waals surface area contributed by atoms with E-state index in [4.69, 9.17) is 9.40 Å². The maximum atomic E-state index is 6.36. The van der Waals surface area contributed by atoms with Gasteiger partial charge in [-0.15, -0.1) is 5.10 Å². The monoisotopic (exact) mass is 585 g/mol. The Bertz CT molecular complexity index is 1720. The number of hydrogen-bond acceptors (Lipinski definition) is 9. The quantitative estimate of drug-likeness (QED) is 0.162. The minimum Gasteiger partial charge on any atom is -0.435 e. The second-order valence-electron chi connectivity index (χ2n) is 11.4. The Labute approximate surface area is 256 Å². The van der Waals surface area contributed by atoms with Crippen LogP contribution in [0.15, 0.2) is 95.5 Å². The highest BCUT2D eigenvalue weighted by Crippen LogP contribution is 2.36. The molecule has 10 nitrogen and oxygen atoms in total. The van der Waals surface area contributed by atoms with Crippen LogP contribution in [0.2, 0.25) is 0 Å². The lowest BCUT2D eigenvalue weighted by molar-refractivity contribution is 0.589. The zero-order valence-corrected chi connectivity index (χ0v) is 25.3. The fourth-order valence-electron chi connectivity index (χ4n) is 4.51. The van der Waals surface area contributed by atoms with Crippen molar-refractivity contribution in [3.05, 3.63) is 91.1 Å². The average Bonchev–Trinajstić information content (AvgIpc) is 3.73. The Morgan fingerprint density at radius 3 is 1.84 bits per heavy atom. The molecule has 0 aliphatic carbocycles. The third kappa shape index (κ3) is 6.64. The van der Waals surface area contributed by atoms with E-state index in [-0.39, 0.29) is 0 Å². The van der Waals surface area contributed by atoms with Crippen molar-refractivity contribution in [2.45, 2.75) is 27.7 Å². The van der Waals surface area contributed by atoms with Crippen LogP contribution in [0.25, 0.3) is 51.2 Å². The molecule has 0 amide bonds. The summed E-state index contributed by atoms with van der Waals surface area (Å²) in [6.45, 7) is 10.0. The lowest BCUT2D eigenvalue weighted by Gasteiger charge is -2.11. The van der Waals surface area contributed by atoms with Gasteiger partial charge in [-0.2, -0.15) is 15.0 Å². The lowest BCUT2D eigenvalue weighted by atomic mass is 10.1. The highest BCUT2D eigenvalue weighted by atomic mass is 16.4. The molecule has 0 spiro atoms.